The lowest BCUT2D eigenvalue weighted by molar-refractivity contribution is -0.141. The molecule has 11 heteroatoms. The maximum Gasteiger partial charge on any atom is 0.433 e. The molecule has 0 unspecified atom stereocenters. The van der Waals surface area contributed by atoms with Gasteiger partial charge in [0, 0.05) is 33.6 Å². The summed E-state index contributed by atoms with van der Waals surface area (Å²) in [7, 11) is 0. The van der Waals surface area contributed by atoms with Crippen LogP contribution >= 0.6 is 34.8 Å². The number of fused-ring (bicyclic) bond motifs is 1. The Morgan fingerprint density at radius 2 is 1.58 bits per heavy atom. The Morgan fingerprint density at radius 3 is 2.22 bits per heavy atom. The van der Waals surface area contributed by atoms with E-state index in [0.717, 1.165) is 23.4 Å². The molecule has 2 aromatic carbocycles. The first-order valence-electron chi connectivity index (χ1n) is 10.5. The zero-order valence-corrected chi connectivity index (χ0v) is 20.4. The molecule has 0 saturated heterocycles. The minimum atomic E-state index is -4.55. The second-order valence-electron chi connectivity index (χ2n) is 7.92. The van der Waals surface area contributed by atoms with Crippen molar-refractivity contribution in [2.24, 2.45) is 0 Å². The largest absolute Gasteiger partial charge is 0.433 e. The summed E-state index contributed by atoms with van der Waals surface area (Å²) in [6.07, 6.45) is -1.89. The van der Waals surface area contributed by atoms with Gasteiger partial charge in [0.2, 0.25) is 0 Å². The van der Waals surface area contributed by atoms with Crippen LogP contribution in [0.15, 0.2) is 77.9 Å². The third-order valence-electron chi connectivity index (χ3n) is 5.56. The molecule has 0 aliphatic carbocycles. The van der Waals surface area contributed by atoms with Gasteiger partial charge in [0.1, 0.15) is 5.69 Å². The molecule has 0 bridgehead atoms. The molecular formula is C25H14Cl3F3N4O. The van der Waals surface area contributed by atoms with Gasteiger partial charge in [0.05, 0.1) is 11.6 Å². The molecule has 0 aliphatic rings. The number of hydrogen-bond acceptors (Lipinski definition) is 3. The lowest BCUT2D eigenvalue weighted by atomic mass is 9.96. The normalized spacial score (nSPS) is 11.8. The molecule has 182 valence electrons. The Morgan fingerprint density at radius 1 is 0.861 bits per heavy atom. The van der Waals surface area contributed by atoms with Gasteiger partial charge in [-0.1, -0.05) is 59.1 Å². The second kappa shape index (κ2) is 9.28. The fourth-order valence-electron chi connectivity index (χ4n) is 3.87. The number of hydrogen-bond donors (Lipinski definition) is 0. The van der Waals surface area contributed by atoms with Gasteiger partial charge in [0.15, 0.2) is 5.65 Å². The molecule has 5 aromatic rings. The van der Waals surface area contributed by atoms with Crippen LogP contribution in [0.1, 0.15) is 11.3 Å². The van der Waals surface area contributed by atoms with Gasteiger partial charge >= 0.3 is 11.9 Å². The maximum absolute atomic E-state index is 13.2. The Labute approximate surface area is 217 Å². The Kier molecular flexibility index (Phi) is 6.28. The average Bonchev–Trinajstić information content (AvgIpc) is 3.14. The van der Waals surface area contributed by atoms with Crippen LogP contribution in [0.25, 0.3) is 27.9 Å². The first-order valence-corrected chi connectivity index (χ1v) is 11.6. The van der Waals surface area contributed by atoms with Crippen molar-refractivity contribution >= 4 is 40.4 Å². The summed E-state index contributed by atoms with van der Waals surface area (Å²) in [5.41, 5.74) is 1.97. The quantitative estimate of drug-likeness (QED) is 0.237. The van der Waals surface area contributed by atoms with Crippen LogP contribution in [0.4, 0.5) is 13.2 Å². The van der Waals surface area contributed by atoms with Crippen molar-refractivity contribution in [3.05, 3.63) is 110 Å². The van der Waals surface area contributed by atoms with Gasteiger partial charge in [-0.2, -0.15) is 13.2 Å². The van der Waals surface area contributed by atoms with Crippen LogP contribution in [-0.4, -0.2) is 19.2 Å². The minimum Gasteiger partial charge on any atom is -0.251 e. The van der Waals surface area contributed by atoms with E-state index in [1.165, 1.54) is 15.1 Å². The molecule has 0 fully saturated rings. The first-order chi connectivity index (χ1) is 17.1. The topological polar surface area (TPSA) is 52.2 Å². The summed E-state index contributed by atoms with van der Waals surface area (Å²) in [5, 5.41) is 5.89. The first kappa shape index (κ1) is 24.4. The van der Waals surface area contributed by atoms with Crippen molar-refractivity contribution in [2.45, 2.75) is 12.7 Å². The highest BCUT2D eigenvalue weighted by atomic mass is 35.5. The highest BCUT2D eigenvalue weighted by Crippen LogP contribution is 2.39. The van der Waals surface area contributed by atoms with Crippen molar-refractivity contribution in [1.82, 2.24) is 19.2 Å². The van der Waals surface area contributed by atoms with Crippen molar-refractivity contribution in [3.8, 4) is 22.3 Å². The van der Waals surface area contributed by atoms with Gasteiger partial charge in [-0.05, 0) is 53.1 Å². The Bertz CT molecular complexity index is 1640. The smallest absolute Gasteiger partial charge is 0.251 e. The van der Waals surface area contributed by atoms with Crippen LogP contribution in [-0.2, 0) is 12.7 Å². The standard InChI is InChI=1S/C25H14Cl3F3N4O/c26-16-4-2-15(3-5-16)18-9-10-34-23(22(18)19-7-6-17(27)11-20(19)28)33-35(24(34)36)13-14-1-8-21(32-12-14)25(29,30)31/h1-12H,13H2. The Balaban J connectivity index is 1.69. The molecule has 3 heterocycles. The van der Waals surface area contributed by atoms with E-state index >= 15 is 0 Å². The van der Waals surface area contributed by atoms with Crippen molar-refractivity contribution in [1.29, 1.82) is 0 Å². The summed E-state index contributed by atoms with van der Waals surface area (Å²) < 4.78 is 41.1. The van der Waals surface area contributed by atoms with E-state index in [-0.39, 0.29) is 6.54 Å². The van der Waals surface area contributed by atoms with E-state index < -0.39 is 17.6 Å². The van der Waals surface area contributed by atoms with Gasteiger partial charge in [-0.25, -0.2) is 13.9 Å². The van der Waals surface area contributed by atoms with Crippen molar-refractivity contribution in [3.63, 3.8) is 0 Å². The summed E-state index contributed by atoms with van der Waals surface area (Å²) in [6, 6.07) is 16.1. The maximum atomic E-state index is 13.2. The second-order valence-corrected chi connectivity index (χ2v) is 9.20. The van der Waals surface area contributed by atoms with Crippen LogP contribution < -0.4 is 5.69 Å². The lowest BCUT2D eigenvalue weighted by Gasteiger charge is -2.13. The molecule has 0 spiro atoms. The average molecular weight is 550 g/mol. The SMILES string of the molecule is O=c1n(Cc2ccc(C(F)(F)F)nc2)nc2c(-c3ccc(Cl)cc3Cl)c(-c3ccc(Cl)cc3)ccn12. The van der Waals surface area contributed by atoms with E-state index in [1.54, 1.807) is 42.6 Å². The van der Waals surface area contributed by atoms with Gasteiger partial charge in [-0.3, -0.25) is 4.98 Å². The fourth-order valence-corrected chi connectivity index (χ4v) is 4.50. The Hall–Kier alpha value is -3.33. The fraction of sp³-hybridized carbons (Fsp3) is 0.0800. The molecular weight excluding hydrogens is 536 g/mol. The van der Waals surface area contributed by atoms with E-state index in [4.69, 9.17) is 34.8 Å². The number of rotatable bonds is 4. The van der Waals surface area contributed by atoms with Gasteiger partial charge in [0.25, 0.3) is 0 Å². The van der Waals surface area contributed by atoms with Crippen LogP contribution in [0.3, 0.4) is 0 Å². The summed E-state index contributed by atoms with van der Waals surface area (Å²) in [4.78, 5) is 16.6. The molecule has 0 aliphatic heterocycles. The number of aromatic nitrogens is 4. The predicted molar refractivity (Wildman–Crippen MR) is 134 cm³/mol. The molecule has 0 atom stereocenters. The number of alkyl halides is 3. The molecule has 5 rings (SSSR count). The third-order valence-corrected chi connectivity index (χ3v) is 6.36. The highest BCUT2D eigenvalue weighted by Gasteiger charge is 2.32. The zero-order valence-electron chi connectivity index (χ0n) is 18.1. The van der Waals surface area contributed by atoms with Gasteiger partial charge < -0.3 is 0 Å². The number of nitrogens with zero attached hydrogens (tertiary/aromatic N) is 4. The summed E-state index contributed by atoms with van der Waals surface area (Å²) >= 11 is 18.7. The zero-order chi connectivity index (χ0) is 25.6. The number of benzene rings is 2. The monoisotopic (exact) mass is 548 g/mol. The van der Waals surface area contributed by atoms with Crippen LogP contribution in [0.2, 0.25) is 15.1 Å². The molecule has 0 N–H and O–H groups in total. The predicted octanol–water partition coefficient (Wildman–Crippen LogP) is 7.25. The molecule has 3 aromatic heterocycles. The third kappa shape index (κ3) is 4.59. The number of halogens is 6. The lowest BCUT2D eigenvalue weighted by Crippen LogP contribution is -2.21. The highest BCUT2D eigenvalue weighted by molar-refractivity contribution is 6.36. The van der Waals surface area contributed by atoms with E-state index in [0.29, 0.717) is 37.4 Å². The molecule has 0 amide bonds. The summed E-state index contributed by atoms with van der Waals surface area (Å²) in [5.74, 6) is 0. The molecule has 0 saturated carbocycles. The number of pyridine rings is 2. The van der Waals surface area contributed by atoms with Crippen molar-refractivity contribution < 1.29 is 13.2 Å². The van der Waals surface area contributed by atoms with E-state index in [9.17, 15) is 18.0 Å². The molecule has 0 radical (unpaired) electrons. The van der Waals surface area contributed by atoms with E-state index in [1.807, 2.05) is 12.1 Å². The van der Waals surface area contributed by atoms with Crippen LogP contribution in [0, 0.1) is 0 Å². The van der Waals surface area contributed by atoms with Crippen molar-refractivity contribution in [2.75, 3.05) is 0 Å². The van der Waals surface area contributed by atoms with Crippen LogP contribution in [0.5, 0.6) is 0 Å². The van der Waals surface area contributed by atoms with Gasteiger partial charge in [-0.15, -0.1) is 5.10 Å². The molecule has 36 heavy (non-hydrogen) atoms. The summed E-state index contributed by atoms with van der Waals surface area (Å²) in [6.45, 7) is -0.0737. The van der Waals surface area contributed by atoms with E-state index in [2.05, 4.69) is 10.1 Å². The minimum absolute atomic E-state index is 0.0737. The molecule has 5 nitrogen and oxygen atoms in total.